The van der Waals surface area contributed by atoms with Crippen LogP contribution in [-0.4, -0.2) is 22.6 Å². The van der Waals surface area contributed by atoms with Crippen molar-refractivity contribution in [3.8, 4) is 0 Å². The zero-order valence-corrected chi connectivity index (χ0v) is 12.8. The molecule has 4 nitrogen and oxygen atoms in total. The molecule has 0 fully saturated rings. The van der Waals surface area contributed by atoms with Crippen molar-refractivity contribution in [2.75, 3.05) is 11.9 Å². The third-order valence-electron chi connectivity index (χ3n) is 2.94. The maximum atomic E-state index is 11.3. The van der Waals surface area contributed by atoms with Crippen molar-refractivity contribution in [3.63, 3.8) is 0 Å². The molecule has 0 aliphatic rings. The summed E-state index contributed by atoms with van der Waals surface area (Å²) in [5, 5.41) is 4.16. The van der Waals surface area contributed by atoms with Gasteiger partial charge >= 0.3 is 0 Å². The number of Topliss-reactive ketones (excluding diaryl/α,β-unsaturated/α-hetero) is 1. The molecule has 100 valence electrons. The summed E-state index contributed by atoms with van der Waals surface area (Å²) >= 11 is 3.52. The van der Waals surface area contributed by atoms with Gasteiger partial charge in [0.15, 0.2) is 5.78 Å². The van der Waals surface area contributed by atoms with Crippen molar-refractivity contribution in [3.05, 3.63) is 46.2 Å². The normalized spacial score (nSPS) is 10.5. The van der Waals surface area contributed by atoms with E-state index in [0.29, 0.717) is 5.56 Å². The predicted octanol–water partition coefficient (Wildman–Crippen LogP) is 3.02. The molecule has 0 aliphatic heterocycles. The van der Waals surface area contributed by atoms with E-state index in [1.807, 2.05) is 44.7 Å². The second kappa shape index (κ2) is 5.57. The minimum absolute atomic E-state index is 0.0714. The summed E-state index contributed by atoms with van der Waals surface area (Å²) in [6.07, 6.45) is 3.85. The molecule has 2 rings (SSSR count). The van der Waals surface area contributed by atoms with Crippen molar-refractivity contribution in [2.45, 2.75) is 13.5 Å². The van der Waals surface area contributed by atoms with Crippen molar-refractivity contribution < 1.29 is 4.79 Å². The van der Waals surface area contributed by atoms with E-state index in [2.05, 4.69) is 25.9 Å². The van der Waals surface area contributed by atoms with E-state index in [1.54, 1.807) is 11.6 Å². The molecule has 0 atom stereocenters. The fourth-order valence-electron chi connectivity index (χ4n) is 1.95. The van der Waals surface area contributed by atoms with E-state index in [4.69, 9.17) is 0 Å². The maximum absolute atomic E-state index is 11.3. The van der Waals surface area contributed by atoms with Gasteiger partial charge < -0.3 is 4.90 Å². The standard InChI is InChI=1S/C14H16BrN3O/c1-10(19)12-4-5-14(13(15)6-12)17(2)8-11-7-16-18(3)9-11/h4-7,9H,8H2,1-3H3. The number of halogens is 1. The molecule has 0 amide bonds. The monoisotopic (exact) mass is 321 g/mol. The number of anilines is 1. The van der Waals surface area contributed by atoms with E-state index in [9.17, 15) is 4.79 Å². The second-order valence-electron chi connectivity index (χ2n) is 4.60. The van der Waals surface area contributed by atoms with Crippen LogP contribution in [0.3, 0.4) is 0 Å². The van der Waals surface area contributed by atoms with E-state index < -0.39 is 0 Å². The van der Waals surface area contributed by atoms with E-state index in [1.165, 1.54) is 0 Å². The van der Waals surface area contributed by atoms with Crippen LogP contribution >= 0.6 is 15.9 Å². The fourth-order valence-corrected chi connectivity index (χ4v) is 2.63. The Morgan fingerprint density at radius 2 is 2.21 bits per heavy atom. The molecule has 0 radical (unpaired) electrons. The number of carbonyl (C=O) groups is 1. The lowest BCUT2D eigenvalue weighted by Crippen LogP contribution is -2.16. The first-order valence-electron chi connectivity index (χ1n) is 5.96. The molecule has 0 aliphatic carbocycles. The van der Waals surface area contributed by atoms with Crippen LogP contribution in [0.2, 0.25) is 0 Å². The Kier molecular flexibility index (Phi) is 4.04. The van der Waals surface area contributed by atoms with E-state index >= 15 is 0 Å². The summed E-state index contributed by atoms with van der Waals surface area (Å²) in [6.45, 7) is 2.34. The average molecular weight is 322 g/mol. The number of hydrogen-bond donors (Lipinski definition) is 0. The molecule has 1 heterocycles. The lowest BCUT2D eigenvalue weighted by molar-refractivity contribution is 0.101. The number of ketones is 1. The van der Waals surface area contributed by atoms with Crippen molar-refractivity contribution in [2.24, 2.45) is 7.05 Å². The number of benzene rings is 1. The molecule has 2 aromatic rings. The highest BCUT2D eigenvalue weighted by Gasteiger charge is 2.09. The predicted molar refractivity (Wildman–Crippen MR) is 79.5 cm³/mol. The molecular weight excluding hydrogens is 306 g/mol. The number of carbonyl (C=O) groups excluding carboxylic acids is 1. The van der Waals surface area contributed by atoms with Crippen molar-refractivity contribution in [1.82, 2.24) is 9.78 Å². The first-order chi connectivity index (χ1) is 8.97. The highest BCUT2D eigenvalue weighted by atomic mass is 79.9. The minimum atomic E-state index is 0.0714. The van der Waals surface area contributed by atoms with Crippen LogP contribution < -0.4 is 4.90 Å². The van der Waals surface area contributed by atoms with Crippen LogP contribution in [0.25, 0.3) is 0 Å². The van der Waals surface area contributed by atoms with E-state index in [-0.39, 0.29) is 5.78 Å². The number of hydrogen-bond acceptors (Lipinski definition) is 3. The molecule has 0 saturated carbocycles. The van der Waals surface area contributed by atoms with Crippen LogP contribution in [0.4, 0.5) is 5.69 Å². The Morgan fingerprint density at radius 1 is 1.47 bits per heavy atom. The summed E-state index contributed by atoms with van der Waals surface area (Å²) in [4.78, 5) is 13.4. The van der Waals surface area contributed by atoms with Gasteiger partial charge in [0.25, 0.3) is 0 Å². The number of nitrogens with zero attached hydrogens (tertiary/aromatic N) is 3. The molecular formula is C14H16BrN3O. The minimum Gasteiger partial charge on any atom is -0.369 e. The molecule has 0 N–H and O–H groups in total. The lowest BCUT2D eigenvalue weighted by atomic mass is 10.1. The summed E-state index contributed by atoms with van der Waals surface area (Å²) in [5.41, 5.74) is 2.91. The van der Waals surface area contributed by atoms with Gasteiger partial charge in [-0.25, -0.2) is 0 Å². The largest absolute Gasteiger partial charge is 0.369 e. The van der Waals surface area contributed by atoms with E-state index in [0.717, 1.165) is 22.3 Å². The molecule has 0 saturated heterocycles. The third-order valence-corrected chi connectivity index (χ3v) is 3.58. The van der Waals surface area contributed by atoms with Gasteiger partial charge in [0.1, 0.15) is 0 Å². The first-order valence-corrected chi connectivity index (χ1v) is 6.76. The fraction of sp³-hybridized carbons (Fsp3) is 0.286. The Morgan fingerprint density at radius 3 is 2.74 bits per heavy atom. The zero-order valence-electron chi connectivity index (χ0n) is 11.2. The Balaban J connectivity index is 2.19. The smallest absolute Gasteiger partial charge is 0.159 e. The first kappa shape index (κ1) is 13.8. The highest BCUT2D eigenvalue weighted by molar-refractivity contribution is 9.10. The Hall–Kier alpha value is -1.62. The number of aryl methyl sites for hydroxylation is 1. The van der Waals surface area contributed by atoms with Gasteiger partial charge in [-0.15, -0.1) is 0 Å². The van der Waals surface area contributed by atoms with Gasteiger partial charge in [-0.3, -0.25) is 9.48 Å². The van der Waals surface area contributed by atoms with Gasteiger partial charge in [-0.2, -0.15) is 5.10 Å². The van der Waals surface area contributed by atoms with Crippen LogP contribution in [0.5, 0.6) is 0 Å². The molecule has 1 aromatic carbocycles. The Bertz CT molecular complexity index is 606. The second-order valence-corrected chi connectivity index (χ2v) is 5.46. The average Bonchev–Trinajstić information content (AvgIpc) is 2.74. The summed E-state index contributed by atoms with van der Waals surface area (Å²) < 4.78 is 2.71. The molecule has 19 heavy (non-hydrogen) atoms. The van der Waals surface area contributed by atoms with Gasteiger partial charge in [-0.1, -0.05) is 0 Å². The SMILES string of the molecule is CC(=O)c1ccc(N(C)Cc2cnn(C)c2)c(Br)c1. The summed E-state index contributed by atoms with van der Waals surface area (Å²) in [5.74, 6) is 0.0714. The molecule has 0 spiro atoms. The quantitative estimate of drug-likeness (QED) is 0.812. The van der Waals surface area contributed by atoms with Crippen LogP contribution in [0.15, 0.2) is 35.1 Å². The van der Waals surface area contributed by atoms with Crippen LogP contribution in [0.1, 0.15) is 22.8 Å². The number of rotatable bonds is 4. The molecule has 5 heteroatoms. The van der Waals surface area contributed by atoms with Gasteiger partial charge in [0.2, 0.25) is 0 Å². The van der Waals surface area contributed by atoms with Crippen molar-refractivity contribution >= 4 is 27.4 Å². The van der Waals surface area contributed by atoms with Gasteiger partial charge in [-0.05, 0) is 41.1 Å². The summed E-state index contributed by atoms with van der Waals surface area (Å²) in [6, 6.07) is 5.66. The molecule has 1 aromatic heterocycles. The lowest BCUT2D eigenvalue weighted by Gasteiger charge is -2.20. The highest BCUT2D eigenvalue weighted by Crippen LogP contribution is 2.27. The number of aromatic nitrogens is 2. The molecule has 0 bridgehead atoms. The van der Waals surface area contributed by atoms with Crippen LogP contribution in [-0.2, 0) is 13.6 Å². The van der Waals surface area contributed by atoms with Gasteiger partial charge in [0, 0.05) is 42.4 Å². The maximum Gasteiger partial charge on any atom is 0.159 e. The van der Waals surface area contributed by atoms with Crippen LogP contribution in [0, 0.1) is 0 Å². The van der Waals surface area contributed by atoms with Gasteiger partial charge in [0.05, 0.1) is 11.9 Å². The zero-order chi connectivity index (χ0) is 14.0. The molecule has 0 unspecified atom stereocenters. The topological polar surface area (TPSA) is 38.1 Å². The third kappa shape index (κ3) is 3.23. The van der Waals surface area contributed by atoms with Crippen molar-refractivity contribution in [1.29, 1.82) is 0 Å². The Labute approximate surface area is 121 Å². The summed E-state index contributed by atoms with van der Waals surface area (Å²) in [7, 11) is 3.92.